The molecule has 0 aliphatic heterocycles. The standard InChI is InChI=1S/C15H23ClN2/c1-15(2,3)9-8-14-17-12(10-13(16)18-14)11-6-4-5-7-11/h10-11H,4-9H2,1-3H3. The van der Waals surface area contributed by atoms with Crippen LogP contribution in [0.25, 0.3) is 0 Å². The molecular formula is C15H23ClN2. The van der Waals surface area contributed by atoms with Crippen molar-refractivity contribution in [3.63, 3.8) is 0 Å². The summed E-state index contributed by atoms with van der Waals surface area (Å²) in [6.07, 6.45) is 7.17. The molecule has 1 aromatic rings. The molecule has 1 fully saturated rings. The van der Waals surface area contributed by atoms with Gasteiger partial charge in [0, 0.05) is 18.0 Å². The summed E-state index contributed by atoms with van der Waals surface area (Å²) in [5.41, 5.74) is 1.48. The molecule has 0 aromatic carbocycles. The van der Waals surface area contributed by atoms with Crippen LogP contribution < -0.4 is 0 Å². The average molecular weight is 267 g/mol. The quantitative estimate of drug-likeness (QED) is 0.737. The summed E-state index contributed by atoms with van der Waals surface area (Å²) in [5.74, 6) is 1.53. The Hall–Kier alpha value is -0.630. The van der Waals surface area contributed by atoms with Gasteiger partial charge in [0.25, 0.3) is 0 Å². The smallest absolute Gasteiger partial charge is 0.133 e. The van der Waals surface area contributed by atoms with Crippen LogP contribution in [0.15, 0.2) is 6.07 Å². The van der Waals surface area contributed by atoms with E-state index in [2.05, 4.69) is 25.8 Å². The maximum absolute atomic E-state index is 6.13. The van der Waals surface area contributed by atoms with Gasteiger partial charge in [-0.15, -0.1) is 0 Å². The molecule has 1 aliphatic carbocycles. The number of hydrogen-bond donors (Lipinski definition) is 0. The molecule has 18 heavy (non-hydrogen) atoms. The van der Waals surface area contributed by atoms with Gasteiger partial charge in [-0.05, 0) is 30.7 Å². The summed E-state index contributed by atoms with van der Waals surface area (Å²) in [6, 6.07) is 1.96. The predicted molar refractivity (Wildman–Crippen MR) is 76.0 cm³/mol. The van der Waals surface area contributed by atoms with Gasteiger partial charge in [-0.2, -0.15) is 0 Å². The summed E-state index contributed by atoms with van der Waals surface area (Å²) >= 11 is 6.13. The highest BCUT2D eigenvalue weighted by molar-refractivity contribution is 6.29. The minimum Gasteiger partial charge on any atom is -0.238 e. The molecule has 1 aromatic heterocycles. The van der Waals surface area contributed by atoms with Gasteiger partial charge in [0.15, 0.2) is 0 Å². The number of halogens is 1. The van der Waals surface area contributed by atoms with E-state index in [4.69, 9.17) is 16.6 Å². The van der Waals surface area contributed by atoms with Gasteiger partial charge in [0.1, 0.15) is 11.0 Å². The fourth-order valence-electron chi connectivity index (χ4n) is 2.51. The second kappa shape index (κ2) is 5.56. The van der Waals surface area contributed by atoms with Crippen LogP contribution in [0.1, 0.15) is 70.3 Å². The Balaban J connectivity index is 2.10. The first-order valence-corrected chi connectivity index (χ1v) is 7.35. The van der Waals surface area contributed by atoms with Crippen LogP contribution in [0.3, 0.4) is 0 Å². The summed E-state index contributed by atoms with van der Waals surface area (Å²) in [6.45, 7) is 6.74. The molecule has 2 nitrogen and oxygen atoms in total. The SMILES string of the molecule is CC(C)(C)CCc1nc(Cl)cc(C2CCCC2)n1. The van der Waals surface area contributed by atoms with Crippen LogP contribution in [-0.4, -0.2) is 9.97 Å². The zero-order valence-corrected chi connectivity index (χ0v) is 12.4. The minimum absolute atomic E-state index is 0.319. The van der Waals surface area contributed by atoms with Gasteiger partial charge in [-0.25, -0.2) is 9.97 Å². The zero-order valence-electron chi connectivity index (χ0n) is 11.7. The Labute approximate surface area is 115 Å². The van der Waals surface area contributed by atoms with Crippen LogP contribution in [0, 0.1) is 5.41 Å². The topological polar surface area (TPSA) is 25.8 Å². The van der Waals surface area contributed by atoms with Crippen LogP contribution in [0.2, 0.25) is 5.15 Å². The lowest BCUT2D eigenvalue weighted by molar-refractivity contribution is 0.374. The van der Waals surface area contributed by atoms with Crippen molar-refractivity contribution in [2.45, 2.75) is 65.2 Å². The predicted octanol–water partition coefficient (Wildman–Crippen LogP) is 4.77. The van der Waals surface area contributed by atoms with E-state index < -0.39 is 0 Å². The Morgan fingerprint density at radius 2 is 1.89 bits per heavy atom. The number of rotatable bonds is 3. The zero-order chi connectivity index (χ0) is 13.2. The van der Waals surface area contributed by atoms with Crippen molar-refractivity contribution in [2.75, 3.05) is 0 Å². The van der Waals surface area contributed by atoms with Crippen LogP contribution in [0.4, 0.5) is 0 Å². The van der Waals surface area contributed by atoms with E-state index in [1.165, 1.54) is 25.7 Å². The van der Waals surface area contributed by atoms with Crippen molar-refractivity contribution in [1.82, 2.24) is 9.97 Å². The molecule has 0 bridgehead atoms. The Morgan fingerprint density at radius 1 is 1.22 bits per heavy atom. The molecule has 0 radical (unpaired) electrons. The van der Waals surface area contributed by atoms with Crippen molar-refractivity contribution in [2.24, 2.45) is 5.41 Å². The lowest BCUT2D eigenvalue weighted by Gasteiger charge is -2.17. The van der Waals surface area contributed by atoms with Crippen LogP contribution in [-0.2, 0) is 6.42 Å². The Kier molecular flexibility index (Phi) is 4.26. The third-order valence-corrected chi connectivity index (χ3v) is 3.83. The van der Waals surface area contributed by atoms with Gasteiger partial charge in [0.2, 0.25) is 0 Å². The maximum Gasteiger partial charge on any atom is 0.133 e. The van der Waals surface area contributed by atoms with E-state index >= 15 is 0 Å². The fraction of sp³-hybridized carbons (Fsp3) is 0.733. The van der Waals surface area contributed by atoms with E-state index in [9.17, 15) is 0 Å². The van der Waals surface area contributed by atoms with E-state index in [1.807, 2.05) is 6.07 Å². The van der Waals surface area contributed by atoms with Crippen molar-refractivity contribution >= 4 is 11.6 Å². The van der Waals surface area contributed by atoms with Crippen molar-refractivity contribution in [1.29, 1.82) is 0 Å². The van der Waals surface area contributed by atoms with Crippen molar-refractivity contribution < 1.29 is 0 Å². The number of hydrogen-bond acceptors (Lipinski definition) is 2. The largest absolute Gasteiger partial charge is 0.238 e. The maximum atomic E-state index is 6.13. The van der Waals surface area contributed by atoms with Crippen molar-refractivity contribution in [3.8, 4) is 0 Å². The lowest BCUT2D eigenvalue weighted by atomic mass is 9.90. The molecule has 3 heteroatoms. The molecule has 0 atom stereocenters. The third kappa shape index (κ3) is 3.94. The average Bonchev–Trinajstić information content (AvgIpc) is 2.78. The number of nitrogens with zero attached hydrogens (tertiary/aromatic N) is 2. The highest BCUT2D eigenvalue weighted by Gasteiger charge is 2.20. The summed E-state index contributed by atoms with van der Waals surface area (Å²) in [5, 5.41) is 0.607. The molecule has 0 unspecified atom stereocenters. The molecule has 0 spiro atoms. The first kappa shape index (κ1) is 13.8. The highest BCUT2D eigenvalue weighted by atomic mass is 35.5. The molecule has 0 amide bonds. The normalized spacial score (nSPS) is 17.3. The molecule has 0 saturated heterocycles. The van der Waals surface area contributed by atoms with Gasteiger partial charge >= 0.3 is 0 Å². The van der Waals surface area contributed by atoms with Gasteiger partial charge in [0.05, 0.1) is 0 Å². The first-order valence-electron chi connectivity index (χ1n) is 6.97. The molecule has 100 valence electrons. The van der Waals surface area contributed by atoms with Crippen molar-refractivity contribution in [3.05, 3.63) is 22.7 Å². The molecule has 2 rings (SSSR count). The second-order valence-corrected chi connectivity index (χ2v) is 6.96. The van der Waals surface area contributed by atoms with Crippen LogP contribution in [0.5, 0.6) is 0 Å². The Bertz CT molecular complexity index is 403. The molecule has 0 N–H and O–H groups in total. The van der Waals surface area contributed by atoms with E-state index in [0.29, 0.717) is 16.5 Å². The van der Waals surface area contributed by atoms with E-state index in [0.717, 1.165) is 24.4 Å². The van der Waals surface area contributed by atoms with E-state index in [1.54, 1.807) is 0 Å². The molecular weight excluding hydrogens is 244 g/mol. The third-order valence-electron chi connectivity index (χ3n) is 3.63. The molecule has 1 aliphatic rings. The van der Waals surface area contributed by atoms with Gasteiger partial charge < -0.3 is 0 Å². The monoisotopic (exact) mass is 266 g/mol. The van der Waals surface area contributed by atoms with E-state index in [-0.39, 0.29) is 0 Å². The van der Waals surface area contributed by atoms with Gasteiger partial charge in [-0.1, -0.05) is 45.2 Å². The minimum atomic E-state index is 0.319. The summed E-state index contributed by atoms with van der Waals surface area (Å²) in [4.78, 5) is 9.09. The highest BCUT2D eigenvalue weighted by Crippen LogP contribution is 2.33. The molecule has 1 heterocycles. The fourth-order valence-corrected chi connectivity index (χ4v) is 2.72. The first-order chi connectivity index (χ1) is 8.44. The second-order valence-electron chi connectivity index (χ2n) is 6.57. The number of aryl methyl sites for hydroxylation is 1. The lowest BCUT2D eigenvalue weighted by Crippen LogP contribution is -2.10. The van der Waals surface area contributed by atoms with Crippen LogP contribution >= 0.6 is 11.6 Å². The summed E-state index contributed by atoms with van der Waals surface area (Å²) in [7, 11) is 0. The van der Waals surface area contributed by atoms with Gasteiger partial charge in [-0.3, -0.25) is 0 Å². The molecule has 1 saturated carbocycles. The summed E-state index contributed by atoms with van der Waals surface area (Å²) < 4.78 is 0. The Morgan fingerprint density at radius 3 is 2.50 bits per heavy atom. The number of aromatic nitrogens is 2.